The highest BCUT2D eigenvalue weighted by Gasteiger charge is 2.26. The summed E-state index contributed by atoms with van der Waals surface area (Å²) in [6.07, 6.45) is 1.56. The Morgan fingerprint density at radius 1 is 1.00 bits per heavy atom. The van der Waals surface area contributed by atoms with Gasteiger partial charge in [-0.3, -0.25) is 4.79 Å². The Balaban J connectivity index is 0.000000861. The smallest absolute Gasteiger partial charge is 0.246 e. The van der Waals surface area contributed by atoms with E-state index < -0.39 is 10.1 Å². The standard InChI is InChI=1S/C23H30N2O.CH4O3S/c1-4-25(18-21-12-7-5-8-13-21,19-22-14-9-6-10-15-22)17-11-16-24-23(26)20(2)3;1-5(2,3)4/h5-10,12-15H,2,4,11,16-19H2,1,3H3;1H3,(H,2,3,4). The average Bonchev–Trinajstić information content (AvgIpc) is 2.71. The summed E-state index contributed by atoms with van der Waals surface area (Å²) < 4.78 is 28.2. The van der Waals surface area contributed by atoms with Crippen molar-refractivity contribution in [1.82, 2.24) is 5.32 Å². The average molecular weight is 447 g/mol. The largest absolute Gasteiger partial charge is 0.748 e. The Morgan fingerprint density at radius 2 is 1.42 bits per heavy atom. The second kappa shape index (κ2) is 13.0. The van der Waals surface area contributed by atoms with Gasteiger partial charge in [-0.05, 0) is 13.8 Å². The first-order chi connectivity index (χ1) is 14.5. The van der Waals surface area contributed by atoms with Gasteiger partial charge in [0.25, 0.3) is 0 Å². The molecule has 1 N–H and O–H groups in total. The van der Waals surface area contributed by atoms with E-state index in [9.17, 15) is 4.79 Å². The van der Waals surface area contributed by atoms with Crippen molar-refractivity contribution in [2.45, 2.75) is 33.4 Å². The molecule has 0 aliphatic heterocycles. The molecule has 2 aromatic rings. The highest BCUT2D eigenvalue weighted by atomic mass is 32.2. The second-order valence-corrected chi connectivity index (χ2v) is 9.17. The van der Waals surface area contributed by atoms with Crippen LogP contribution in [-0.4, -0.2) is 49.3 Å². The predicted molar refractivity (Wildman–Crippen MR) is 124 cm³/mol. The molecular weight excluding hydrogens is 412 g/mol. The van der Waals surface area contributed by atoms with E-state index in [1.54, 1.807) is 6.92 Å². The van der Waals surface area contributed by atoms with Crippen molar-refractivity contribution in [2.24, 2.45) is 0 Å². The van der Waals surface area contributed by atoms with Gasteiger partial charge in [0, 0.05) is 35.9 Å². The monoisotopic (exact) mass is 446 g/mol. The molecule has 7 heteroatoms. The molecule has 170 valence electrons. The first-order valence-corrected chi connectivity index (χ1v) is 12.1. The first kappa shape index (κ1) is 26.6. The van der Waals surface area contributed by atoms with E-state index in [1.165, 1.54) is 11.1 Å². The molecule has 0 saturated carbocycles. The maximum Gasteiger partial charge on any atom is 0.246 e. The van der Waals surface area contributed by atoms with Gasteiger partial charge in [0.15, 0.2) is 0 Å². The van der Waals surface area contributed by atoms with Crippen LogP contribution in [0.25, 0.3) is 0 Å². The lowest BCUT2D eigenvalue weighted by molar-refractivity contribution is -0.952. The van der Waals surface area contributed by atoms with Crippen LogP contribution in [0.5, 0.6) is 0 Å². The zero-order valence-corrected chi connectivity index (χ0v) is 19.5. The van der Waals surface area contributed by atoms with Gasteiger partial charge < -0.3 is 14.4 Å². The molecule has 6 nitrogen and oxygen atoms in total. The van der Waals surface area contributed by atoms with Gasteiger partial charge in [-0.15, -0.1) is 0 Å². The normalized spacial score (nSPS) is 11.2. The maximum absolute atomic E-state index is 11.7. The van der Waals surface area contributed by atoms with E-state index in [4.69, 9.17) is 13.0 Å². The molecule has 0 radical (unpaired) electrons. The van der Waals surface area contributed by atoms with E-state index in [2.05, 4.69) is 79.5 Å². The third-order valence-electron chi connectivity index (χ3n) is 4.87. The Hall–Kier alpha value is -2.48. The van der Waals surface area contributed by atoms with Crippen molar-refractivity contribution in [1.29, 1.82) is 0 Å². The molecule has 0 aliphatic rings. The van der Waals surface area contributed by atoms with Crippen molar-refractivity contribution in [2.75, 3.05) is 25.9 Å². The van der Waals surface area contributed by atoms with Gasteiger partial charge in [0.1, 0.15) is 13.1 Å². The summed E-state index contributed by atoms with van der Waals surface area (Å²) in [5, 5.41) is 2.96. The number of hydrogen-bond donors (Lipinski definition) is 1. The number of carbonyl (C=O) groups is 1. The molecule has 0 atom stereocenters. The summed E-state index contributed by atoms with van der Waals surface area (Å²) in [5.41, 5.74) is 3.28. The van der Waals surface area contributed by atoms with Crippen molar-refractivity contribution in [3.63, 3.8) is 0 Å². The van der Waals surface area contributed by atoms with E-state index in [-0.39, 0.29) is 5.91 Å². The number of amides is 1. The fraction of sp³-hybridized carbons (Fsp3) is 0.375. The van der Waals surface area contributed by atoms with Crippen LogP contribution >= 0.6 is 0 Å². The van der Waals surface area contributed by atoms with Crippen LogP contribution in [0.3, 0.4) is 0 Å². The summed E-state index contributed by atoms with van der Waals surface area (Å²) in [5.74, 6) is -0.0503. The lowest BCUT2D eigenvalue weighted by Crippen LogP contribution is -2.47. The lowest BCUT2D eigenvalue weighted by Gasteiger charge is -2.38. The molecule has 0 saturated heterocycles. The molecule has 0 bridgehead atoms. The number of benzene rings is 2. The van der Waals surface area contributed by atoms with Crippen LogP contribution in [0.4, 0.5) is 0 Å². The SMILES string of the molecule is C=C(C)C(=O)NCCC[N+](CC)(Cc1ccccc1)Cc1ccccc1.CS(=O)(=O)[O-]. The van der Waals surface area contributed by atoms with E-state index >= 15 is 0 Å². The molecule has 2 rings (SSSR count). The van der Waals surface area contributed by atoms with E-state index in [1.807, 2.05) is 0 Å². The molecule has 31 heavy (non-hydrogen) atoms. The molecule has 0 spiro atoms. The lowest BCUT2D eigenvalue weighted by atomic mass is 10.1. The van der Waals surface area contributed by atoms with Crippen LogP contribution in [0.15, 0.2) is 72.8 Å². The van der Waals surface area contributed by atoms with Gasteiger partial charge in [-0.2, -0.15) is 0 Å². The predicted octanol–water partition coefficient (Wildman–Crippen LogP) is 3.47. The Kier molecular flexibility index (Phi) is 11.2. The fourth-order valence-electron chi connectivity index (χ4n) is 3.30. The van der Waals surface area contributed by atoms with Crippen molar-refractivity contribution < 1.29 is 22.2 Å². The summed E-state index contributed by atoms with van der Waals surface area (Å²) in [7, 11) is -3.92. The molecule has 0 fully saturated rings. The molecule has 0 aliphatic carbocycles. The summed E-state index contributed by atoms with van der Waals surface area (Å²) >= 11 is 0. The minimum atomic E-state index is -3.92. The molecule has 2 aromatic carbocycles. The summed E-state index contributed by atoms with van der Waals surface area (Å²) in [6.45, 7) is 12.5. The molecule has 1 amide bonds. The van der Waals surface area contributed by atoms with Gasteiger partial charge in [0.2, 0.25) is 5.91 Å². The number of rotatable bonds is 10. The van der Waals surface area contributed by atoms with Crippen LogP contribution in [-0.2, 0) is 28.0 Å². The second-order valence-electron chi connectivity index (χ2n) is 7.76. The van der Waals surface area contributed by atoms with E-state index in [0.717, 1.165) is 37.1 Å². The summed E-state index contributed by atoms with van der Waals surface area (Å²) in [6, 6.07) is 21.4. The van der Waals surface area contributed by atoms with Crippen molar-refractivity contribution in [3.8, 4) is 0 Å². The highest BCUT2D eigenvalue weighted by molar-refractivity contribution is 7.84. The van der Waals surface area contributed by atoms with Gasteiger partial charge in [0.05, 0.1) is 23.2 Å². The van der Waals surface area contributed by atoms with E-state index in [0.29, 0.717) is 18.4 Å². The summed E-state index contributed by atoms with van der Waals surface area (Å²) in [4.78, 5) is 11.7. The minimum Gasteiger partial charge on any atom is -0.748 e. The molecule has 0 heterocycles. The van der Waals surface area contributed by atoms with Crippen LogP contribution in [0, 0.1) is 0 Å². The van der Waals surface area contributed by atoms with Crippen LogP contribution < -0.4 is 5.32 Å². The number of nitrogens with one attached hydrogen (secondary N) is 1. The number of nitrogens with zero attached hydrogens (tertiary/aromatic N) is 1. The number of quaternary nitrogens is 1. The van der Waals surface area contributed by atoms with Crippen LogP contribution in [0.1, 0.15) is 31.4 Å². The van der Waals surface area contributed by atoms with Gasteiger partial charge >= 0.3 is 0 Å². The van der Waals surface area contributed by atoms with Gasteiger partial charge in [-0.25, -0.2) is 8.42 Å². The highest BCUT2D eigenvalue weighted by Crippen LogP contribution is 2.20. The van der Waals surface area contributed by atoms with Gasteiger partial charge in [-0.1, -0.05) is 67.2 Å². The Morgan fingerprint density at radius 3 is 1.77 bits per heavy atom. The zero-order valence-electron chi connectivity index (χ0n) is 18.7. The topological polar surface area (TPSA) is 86.3 Å². The van der Waals surface area contributed by atoms with Crippen molar-refractivity contribution >= 4 is 16.0 Å². The molecular formula is C24H34N2O4S. The maximum atomic E-state index is 11.7. The number of hydrogen-bond acceptors (Lipinski definition) is 4. The Labute approximate surface area is 186 Å². The van der Waals surface area contributed by atoms with Crippen LogP contribution in [0.2, 0.25) is 0 Å². The fourth-order valence-corrected chi connectivity index (χ4v) is 3.30. The Bertz CT molecular complexity index is 864. The molecule has 0 unspecified atom stereocenters. The zero-order chi connectivity index (χ0) is 23.3. The van der Waals surface area contributed by atoms with Crippen molar-refractivity contribution in [3.05, 3.63) is 83.9 Å². The number of carbonyl (C=O) groups excluding carboxylic acids is 1. The molecule has 0 aromatic heterocycles. The third-order valence-corrected chi connectivity index (χ3v) is 4.87. The third kappa shape index (κ3) is 12.1. The first-order valence-electron chi connectivity index (χ1n) is 10.3. The minimum absolute atomic E-state index is 0.0503. The quantitative estimate of drug-likeness (QED) is 0.262.